The molecule has 0 aliphatic rings. The van der Waals surface area contributed by atoms with Gasteiger partial charge in [-0.1, -0.05) is 18.2 Å². The highest BCUT2D eigenvalue weighted by molar-refractivity contribution is 5.85. The van der Waals surface area contributed by atoms with Gasteiger partial charge in [-0.2, -0.15) is 0 Å². The number of anilines is 1. The van der Waals surface area contributed by atoms with Gasteiger partial charge in [-0.15, -0.1) is 0 Å². The van der Waals surface area contributed by atoms with Crippen LogP contribution >= 0.6 is 0 Å². The van der Waals surface area contributed by atoms with Gasteiger partial charge in [-0.3, -0.25) is 4.99 Å². The van der Waals surface area contributed by atoms with Crippen molar-refractivity contribution in [1.29, 1.82) is 0 Å². The number of aliphatic imine (C=N–C) groups is 1. The molecule has 3 aromatic rings. The molecule has 3 rings (SSSR count). The number of hydrogen-bond acceptors (Lipinski definition) is 5. The van der Waals surface area contributed by atoms with Gasteiger partial charge >= 0.3 is 0 Å². The van der Waals surface area contributed by atoms with Crippen LogP contribution in [0, 0.1) is 0 Å². The molecule has 2 aromatic carbocycles. The number of hydrogen-bond donors (Lipinski definition) is 2. The van der Waals surface area contributed by atoms with Crippen LogP contribution in [0.4, 0.5) is 5.82 Å². The second-order valence-electron chi connectivity index (χ2n) is 6.93. The molecular formula is C23H29N5O2. The standard InChI is InChI=1S/C23H29N5O2/c1-24-23(25-13-14-30-19-11-9-18(29-4)10-12-19)26-16-17-15-22(28(2)3)27-21-8-6-5-7-20(17)21/h5-12,15H,13-14,16H2,1-4H3,(H2,24,25,26). The molecule has 0 saturated heterocycles. The van der Waals surface area contributed by atoms with Gasteiger partial charge in [0.05, 0.1) is 19.2 Å². The average molecular weight is 408 g/mol. The van der Waals surface area contributed by atoms with Crippen LogP contribution in [-0.2, 0) is 6.54 Å². The van der Waals surface area contributed by atoms with Crippen LogP contribution in [-0.4, -0.2) is 52.3 Å². The second kappa shape index (κ2) is 10.3. The summed E-state index contributed by atoms with van der Waals surface area (Å²) in [5.74, 6) is 3.27. The van der Waals surface area contributed by atoms with Gasteiger partial charge in [0, 0.05) is 33.1 Å². The highest BCUT2D eigenvalue weighted by Crippen LogP contribution is 2.22. The largest absolute Gasteiger partial charge is 0.497 e. The summed E-state index contributed by atoms with van der Waals surface area (Å²) >= 11 is 0. The summed E-state index contributed by atoms with van der Waals surface area (Å²) in [7, 11) is 7.40. The SMILES string of the molecule is CN=C(NCCOc1ccc(OC)cc1)NCc1cc(N(C)C)nc2ccccc12. The number of methoxy groups -OCH3 is 1. The molecule has 0 amide bonds. The van der Waals surface area contributed by atoms with Crippen LogP contribution in [0.3, 0.4) is 0 Å². The van der Waals surface area contributed by atoms with Gasteiger partial charge in [0.15, 0.2) is 5.96 Å². The molecule has 7 nitrogen and oxygen atoms in total. The Morgan fingerprint density at radius 2 is 1.77 bits per heavy atom. The van der Waals surface area contributed by atoms with E-state index >= 15 is 0 Å². The molecule has 1 aromatic heterocycles. The van der Waals surface area contributed by atoms with Gasteiger partial charge in [0.25, 0.3) is 0 Å². The van der Waals surface area contributed by atoms with Crippen molar-refractivity contribution in [2.75, 3.05) is 46.3 Å². The van der Waals surface area contributed by atoms with Gasteiger partial charge in [0.1, 0.15) is 23.9 Å². The average Bonchev–Trinajstić information content (AvgIpc) is 2.78. The minimum absolute atomic E-state index is 0.524. The Kier molecular flexibility index (Phi) is 7.32. The van der Waals surface area contributed by atoms with Crippen LogP contribution in [0.2, 0.25) is 0 Å². The first-order valence-corrected chi connectivity index (χ1v) is 9.88. The number of aromatic nitrogens is 1. The van der Waals surface area contributed by atoms with Crippen molar-refractivity contribution in [3.63, 3.8) is 0 Å². The lowest BCUT2D eigenvalue weighted by Crippen LogP contribution is -2.39. The first kappa shape index (κ1) is 21.2. The highest BCUT2D eigenvalue weighted by Gasteiger charge is 2.08. The summed E-state index contributed by atoms with van der Waals surface area (Å²) in [6.07, 6.45) is 0. The van der Waals surface area contributed by atoms with Crippen molar-refractivity contribution in [3.8, 4) is 11.5 Å². The third-order valence-electron chi connectivity index (χ3n) is 4.64. The predicted octanol–water partition coefficient (Wildman–Crippen LogP) is 3.05. The van der Waals surface area contributed by atoms with Crippen molar-refractivity contribution in [1.82, 2.24) is 15.6 Å². The topological polar surface area (TPSA) is 71.0 Å². The maximum Gasteiger partial charge on any atom is 0.191 e. The minimum atomic E-state index is 0.524. The van der Waals surface area contributed by atoms with E-state index in [1.807, 2.05) is 61.5 Å². The molecule has 0 atom stereocenters. The van der Waals surface area contributed by atoms with Gasteiger partial charge in [0.2, 0.25) is 0 Å². The summed E-state index contributed by atoms with van der Waals surface area (Å²) in [6, 6.07) is 17.8. The summed E-state index contributed by atoms with van der Waals surface area (Å²) in [4.78, 5) is 11.0. The molecule has 1 heterocycles. The van der Waals surface area contributed by atoms with E-state index in [-0.39, 0.29) is 0 Å². The van der Waals surface area contributed by atoms with Crippen LogP contribution < -0.4 is 25.0 Å². The van der Waals surface area contributed by atoms with Crippen molar-refractivity contribution in [2.45, 2.75) is 6.54 Å². The highest BCUT2D eigenvalue weighted by atomic mass is 16.5. The Balaban J connectivity index is 1.55. The molecule has 0 fully saturated rings. The number of ether oxygens (including phenoxy) is 2. The number of guanidine groups is 1. The molecular weight excluding hydrogens is 378 g/mol. The van der Waals surface area contributed by atoms with E-state index in [0.717, 1.165) is 34.2 Å². The summed E-state index contributed by atoms with van der Waals surface area (Å²) in [5, 5.41) is 7.79. The van der Waals surface area contributed by atoms with Crippen molar-refractivity contribution < 1.29 is 9.47 Å². The van der Waals surface area contributed by atoms with Crippen molar-refractivity contribution >= 4 is 22.7 Å². The lowest BCUT2D eigenvalue weighted by atomic mass is 10.1. The van der Waals surface area contributed by atoms with Crippen LogP contribution in [0.25, 0.3) is 10.9 Å². The first-order valence-electron chi connectivity index (χ1n) is 9.88. The molecule has 0 radical (unpaired) electrons. The zero-order chi connectivity index (χ0) is 21.3. The van der Waals surface area contributed by atoms with Gasteiger partial charge in [-0.25, -0.2) is 4.98 Å². The summed E-state index contributed by atoms with van der Waals surface area (Å²) < 4.78 is 10.9. The van der Waals surface area contributed by atoms with Crippen LogP contribution in [0.5, 0.6) is 11.5 Å². The van der Waals surface area contributed by atoms with Crippen LogP contribution in [0.1, 0.15) is 5.56 Å². The van der Waals surface area contributed by atoms with E-state index in [1.165, 1.54) is 5.56 Å². The zero-order valence-corrected chi connectivity index (χ0v) is 18.0. The molecule has 0 aliphatic carbocycles. The summed E-state index contributed by atoms with van der Waals surface area (Å²) in [6.45, 7) is 1.80. The first-order chi connectivity index (χ1) is 14.6. The number of nitrogens with zero attached hydrogens (tertiary/aromatic N) is 3. The fourth-order valence-corrected chi connectivity index (χ4v) is 3.02. The summed E-state index contributed by atoms with van der Waals surface area (Å²) in [5.41, 5.74) is 2.15. The number of rotatable bonds is 8. The Morgan fingerprint density at radius 3 is 2.47 bits per heavy atom. The Labute approximate surface area is 177 Å². The zero-order valence-electron chi connectivity index (χ0n) is 18.0. The Bertz CT molecular complexity index is 987. The molecule has 30 heavy (non-hydrogen) atoms. The number of fused-ring (bicyclic) bond motifs is 1. The predicted molar refractivity (Wildman–Crippen MR) is 123 cm³/mol. The molecule has 0 saturated carbocycles. The molecule has 0 spiro atoms. The van der Waals surface area contributed by atoms with Crippen molar-refractivity contribution in [2.24, 2.45) is 4.99 Å². The minimum Gasteiger partial charge on any atom is -0.497 e. The molecule has 7 heteroatoms. The number of benzene rings is 2. The van der Waals surface area contributed by atoms with Crippen LogP contribution in [0.15, 0.2) is 59.6 Å². The fourth-order valence-electron chi connectivity index (χ4n) is 3.02. The van der Waals surface area contributed by atoms with Gasteiger partial charge in [-0.05, 0) is 42.0 Å². The Hall–Kier alpha value is -3.48. The maximum atomic E-state index is 5.75. The third kappa shape index (κ3) is 5.53. The number of para-hydroxylation sites is 1. The Morgan fingerprint density at radius 1 is 1.03 bits per heavy atom. The fraction of sp³-hybridized carbons (Fsp3) is 0.304. The lowest BCUT2D eigenvalue weighted by molar-refractivity contribution is 0.321. The molecule has 2 N–H and O–H groups in total. The number of nitrogens with one attached hydrogen (secondary N) is 2. The van der Waals surface area contributed by atoms with E-state index in [4.69, 9.17) is 14.5 Å². The normalized spacial score (nSPS) is 11.3. The second-order valence-corrected chi connectivity index (χ2v) is 6.93. The maximum absolute atomic E-state index is 5.75. The van der Waals surface area contributed by atoms with E-state index in [2.05, 4.69) is 27.8 Å². The molecule has 0 unspecified atom stereocenters. The molecule has 158 valence electrons. The van der Waals surface area contributed by atoms with Gasteiger partial charge < -0.3 is 25.0 Å². The lowest BCUT2D eigenvalue weighted by Gasteiger charge is -2.17. The van der Waals surface area contributed by atoms with E-state index < -0.39 is 0 Å². The van der Waals surface area contributed by atoms with E-state index in [0.29, 0.717) is 19.7 Å². The van der Waals surface area contributed by atoms with E-state index in [9.17, 15) is 0 Å². The smallest absolute Gasteiger partial charge is 0.191 e. The number of pyridine rings is 1. The monoisotopic (exact) mass is 407 g/mol. The molecule has 0 bridgehead atoms. The third-order valence-corrected chi connectivity index (χ3v) is 4.64. The van der Waals surface area contributed by atoms with Crippen molar-refractivity contribution in [3.05, 3.63) is 60.2 Å². The molecule has 0 aliphatic heterocycles. The van der Waals surface area contributed by atoms with E-state index in [1.54, 1.807) is 14.2 Å². The quantitative estimate of drug-likeness (QED) is 0.340.